The molecule has 2 heterocycles. The molecule has 0 aliphatic carbocycles. The predicted molar refractivity (Wildman–Crippen MR) is 54.6 cm³/mol. The third kappa shape index (κ3) is 2.18. The van der Waals surface area contributed by atoms with E-state index in [1.807, 2.05) is 10.9 Å². The van der Waals surface area contributed by atoms with E-state index in [1.54, 1.807) is 13.1 Å². The molecular weight excluding hydrogens is 194 g/mol. The van der Waals surface area contributed by atoms with Crippen LogP contribution >= 0.6 is 0 Å². The van der Waals surface area contributed by atoms with Gasteiger partial charge in [-0.05, 0) is 12.0 Å². The standard InChI is InChI=1S/C10H15N3O2/c1-7(10(14)15)2-8-3-12-13(6-8)9-4-11-5-9/h3,6-7,9,11H,2,4-5H2,1H3,(H,14,15). The molecule has 5 heteroatoms. The highest BCUT2D eigenvalue weighted by Crippen LogP contribution is 2.13. The van der Waals surface area contributed by atoms with Crippen LogP contribution in [0, 0.1) is 5.92 Å². The number of aromatic nitrogens is 2. The molecule has 2 rings (SSSR count). The number of nitrogens with zero attached hydrogens (tertiary/aromatic N) is 2. The van der Waals surface area contributed by atoms with Gasteiger partial charge >= 0.3 is 5.97 Å². The van der Waals surface area contributed by atoms with Crippen molar-refractivity contribution < 1.29 is 9.90 Å². The van der Waals surface area contributed by atoms with Crippen molar-refractivity contribution in [3.05, 3.63) is 18.0 Å². The Morgan fingerprint density at radius 2 is 2.53 bits per heavy atom. The summed E-state index contributed by atoms with van der Waals surface area (Å²) in [5.74, 6) is -1.10. The summed E-state index contributed by atoms with van der Waals surface area (Å²) in [4.78, 5) is 10.7. The van der Waals surface area contributed by atoms with Crippen molar-refractivity contribution in [2.24, 2.45) is 5.92 Å². The van der Waals surface area contributed by atoms with Gasteiger partial charge < -0.3 is 10.4 Å². The summed E-state index contributed by atoms with van der Waals surface area (Å²) in [5.41, 5.74) is 0.997. The quantitative estimate of drug-likeness (QED) is 0.748. The van der Waals surface area contributed by atoms with Crippen molar-refractivity contribution in [1.82, 2.24) is 15.1 Å². The summed E-state index contributed by atoms with van der Waals surface area (Å²) in [6, 6.07) is 0.443. The van der Waals surface area contributed by atoms with E-state index in [0.29, 0.717) is 12.5 Å². The minimum atomic E-state index is -0.756. The fourth-order valence-corrected chi connectivity index (χ4v) is 1.58. The molecule has 0 aromatic carbocycles. The Kier molecular flexibility index (Phi) is 2.73. The number of hydrogen-bond acceptors (Lipinski definition) is 3. The molecule has 2 N–H and O–H groups in total. The normalized spacial score (nSPS) is 18.5. The molecule has 1 aliphatic heterocycles. The molecule has 82 valence electrons. The molecule has 1 aromatic heterocycles. The van der Waals surface area contributed by atoms with Crippen LogP contribution in [0.1, 0.15) is 18.5 Å². The molecule has 5 nitrogen and oxygen atoms in total. The summed E-state index contributed by atoms with van der Waals surface area (Å²) in [6.07, 6.45) is 4.26. The van der Waals surface area contributed by atoms with Gasteiger partial charge in [0.2, 0.25) is 0 Å². The minimum absolute atomic E-state index is 0.345. The molecule has 1 saturated heterocycles. The Balaban J connectivity index is 1.97. The van der Waals surface area contributed by atoms with Crippen LogP contribution in [0.15, 0.2) is 12.4 Å². The Hall–Kier alpha value is -1.36. The number of carboxylic acids is 1. The van der Waals surface area contributed by atoms with E-state index in [1.165, 1.54) is 0 Å². The van der Waals surface area contributed by atoms with Crippen LogP contribution in [0.4, 0.5) is 0 Å². The molecule has 0 spiro atoms. The first kappa shape index (κ1) is 10.2. The molecule has 0 amide bonds. The second-order valence-electron chi connectivity index (χ2n) is 4.08. The van der Waals surface area contributed by atoms with Crippen molar-refractivity contribution in [2.45, 2.75) is 19.4 Å². The number of hydrogen-bond donors (Lipinski definition) is 2. The van der Waals surface area contributed by atoms with Crippen LogP contribution in [0.5, 0.6) is 0 Å². The largest absolute Gasteiger partial charge is 0.481 e. The van der Waals surface area contributed by atoms with E-state index in [9.17, 15) is 4.79 Å². The Morgan fingerprint density at radius 3 is 3.07 bits per heavy atom. The lowest BCUT2D eigenvalue weighted by Gasteiger charge is -2.27. The zero-order valence-corrected chi connectivity index (χ0v) is 8.68. The number of aliphatic carboxylic acids is 1. The van der Waals surface area contributed by atoms with Crippen molar-refractivity contribution in [3.8, 4) is 0 Å². The van der Waals surface area contributed by atoms with Gasteiger partial charge in [0.1, 0.15) is 0 Å². The lowest BCUT2D eigenvalue weighted by atomic mass is 10.0. The van der Waals surface area contributed by atoms with Crippen LogP contribution in [-0.2, 0) is 11.2 Å². The zero-order chi connectivity index (χ0) is 10.8. The van der Waals surface area contributed by atoms with Crippen molar-refractivity contribution in [2.75, 3.05) is 13.1 Å². The Bertz CT molecular complexity index is 357. The second-order valence-corrected chi connectivity index (χ2v) is 4.08. The van der Waals surface area contributed by atoms with Gasteiger partial charge in [0.25, 0.3) is 0 Å². The molecule has 15 heavy (non-hydrogen) atoms. The van der Waals surface area contributed by atoms with E-state index in [-0.39, 0.29) is 5.92 Å². The van der Waals surface area contributed by atoms with Crippen LogP contribution in [0.25, 0.3) is 0 Å². The summed E-state index contributed by atoms with van der Waals surface area (Å²) >= 11 is 0. The zero-order valence-electron chi connectivity index (χ0n) is 8.68. The molecule has 0 bridgehead atoms. The van der Waals surface area contributed by atoms with Crippen LogP contribution in [0.2, 0.25) is 0 Å². The first-order valence-electron chi connectivity index (χ1n) is 5.13. The molecule has 1 atom stereocenters. The van der Waals surface area contributed by atoms with E-state index < -0.39 is 5.97 Å². The first-order chi connectivity index (χ1) is 7.16. The maximum Gasteiger partial charge on any atom is 0.306 e. The van der Waals surface area contributed by atoms with Crippen molar-refractivity contribution in [1.29, 1.82) is 0 Å². The smallest absolute Gasteiger partial charge is 0.306 e. The van der Waals surface area contributed by atoms with Crippen molar-refractivity contribution in [3.63, 3.8) is 0 Å². The number of carboxylic acid groups (broad SMARTS) is 1. The predicted octanol–water partition coefficient (Wildman–Crippen LogP) is 0.291. The van der Waals surface area contributed by atoms with Gasteiger partial charge in [-0.2, -0.15) is 5.10 Å². The third-order valence-electron chi connectivity index (χ3n) is 2.75. The van der Waals surface area contributed by atoms with E-state index in [0.717, 1.165) is 18.7 Å². The van der Waals surface area contributed by atoms with Crippen molar-refractivity contribution >= 4 is 5.97 Å². The lowest BCUT2D eigenvalue weighted by molar-refractivity contribution is -0.141. The SMILES string of the molecule is CC(Cc1cnn(C2CNC2)c1)C(=O)O. The van der Waals surface area contributed by atoms with Crippen LogP contribution < -0.4 is 5.32 Å². The fourth-order valence-electron chi connectivity index (χ4n) is 1.58. The average molecular weight is 209 g/mol. The van der Waals surface area contributed by atoms with Gasteiger partial charge in [-0.15, -0.1) is 0 Å². The topological polar surface area (TPSA) is 67.2 Å². The number of carbonyl (C=O) groups is 1. The summed E-state index contributed by atoms with van der Waals surface area (Å²) < 4.78 is 1.92. The second kappa shape index (κ2) is 4.02. The first-order valence-corrected chi connectivity index (χ1v) is 5.13. The van der Waals surface area contributed by atoms with E-state index >= 15 is 0 Å². The Labute approximate surface area is 88.1 Å². The summed E-state index contributed by atoms with van der Waals surface area (Å²) in [6.45, 7) is 3.62. The van der Waals surface area contributed by atoms with E-state index in [4.69, 9.17) is 5.11 Å². The highest BCUT2D eigenvalue weighted by molar-refractivity contribution is 5.69. The molecule has 1 aliphatic rings. The number of rotatable bonds is 4. The minimum Gasteiger partial charge on any atom is -0.481 e. The monoisotopic (exact) mass is 209 g/mol. The molecule has 1 fully saturated rings. The maximum atomic E-state index is 10.7. The highest BCUT2D eigenvalue weighted by atomic mass is 16.4. The average Bonchev–Trinajstić information content (AvgIpc) is 2.49. The van der Waals surface area contributed by atoms with Gasteiger partial charge in [-0.1, -0.05) is 6.92 Å². The van der Waals surface area contributed by atoms with Crippen LogP contribution in [-0.4, -0.2) is 33.9 Å². The fraction of sp³-hybridized carbons (Fsp3) is 0.600. The summed E-state index contributed by atoms with van der Waals surface area (Å²) in [7, 11) is 0. The van der Waals surface area contributed by atoms with Gasteiger partial charge in [-0.3, -0.25) is 9.48 Å². The van der Waals surface area contributed by atoms with Gasteiger partial charge in [0, 0.05) is 19.3 Å². The van der Waals surface area contributed by atoms with Gasteiger partial charge in [0.05, 0.1) is 18.2 Å². The maximum absolute atomic E-state index is 10.7. The Morgan fingerprint density at radius 1 is 1.80 bits per heavy atom. The molecule has 1 aromatic rings. The number of nitrogens with one attached hydrogen (secondary N) is 1. The highest BCUT2D eigenvalue weighted by Gasteiger charge is 2.20. The lowest BCUT2D eigenvalue weighted by Crippen LogP contribution is -2.43. The molecular formula is C10H15N3O2. The molecule has 0 radical (unpaired) electrons. The molecule has 1 unspecified atom stereocenters. The van der Waals surface area contributed by atoms with Crippen LogP contribution in [0.3, 0.4) is 0 Å². The van der Waals surface area contributed by atoms with Gasteiger partial charge in [0.15, 0.2) is 0 Å². The third-order valence-corrected chi connectivity index (χ3v) is 2.75. The summed E-state index contributed by atoms with van der Waals surface area (Å²) in [5, 5.41) is 16.2. The van der Waals surface area contributed by atoms with Gasteiger partial charge in [-0.25, -0.2) is 0 Å². The van der Waals surface area contributed by atoms with E-state index in [2.05, 4.69) is 10.4 Å². The molecule has 0 saturated carbocycles.